The number of hydrogen-bond acceptors (Lipinski definition) is 2. The number of H-pyrrole nitrogens is 1. The third kappa shape index (κ3) is 2.03. The molecule has 0 spiro atoms. The fourth-order valence-electron chi connectivity index (χ4n) is 1.59. The Hall–Kier alpha value is -1.82. The lowest BCUT2D eigenvalue weighted by Gasteiger charge is -2.13. The lowest BCUT2D eigenvalue weighted by molar-refractivity contribution is -0.136. The molecule has 0 aliphatic rings. The number of ketones is 1. The summed E-state index contributed by atoms with van der Waals surface area (Å²) in [7, 11) is 0. The Labute approximate surface area is 94.4 Å². The molecule has 1 aromatic carbocycles. The quantitative estimate of drug-likeness (QED) is 0.793. The monoisotopic (exact) mass is 242 g/mol. The second-order valence-corrected chi connectivity index (χ2v) is 3.63. The van der Waals surface area contributed by atoms with E-state index >= 15 is 0 Å². The number of benzene rings is 1. The van der Waals surface area contributed by atoms with Gasteiger partial charge in [0.15, 0.2) is 11.8 Å². The molecule has 0 aliphatic heterocycles. The average molecular weight is 242 g/mol. The predicted molar refractivity (Wildman–Crippen MR) is 56.7 cm³/mol. The molecule has 0 saturated heterocycles. The maximum absolute atomic E-state index is 12.3. The minimum Gasteiger partial charge on any atom is -0.360 e. The molecule has 3 N–H and O–H groups in total. The van der Waals surface area contributed by atoms with Crippen molar-refractivity contribution >= 4 is 16.7 Å². The maximum Gasteiger partial charge on any atom is 0.410 e. The molecule has 0 aliphatic carbocycles. The summed E-state index contributed by atoms with van der Waals surface area (Å²) in [5.41, 5.74) is 5.45. The Morgan fingerprint density at radius 3 is 2.59 bits per heavy atom. The van der Waals surface area contributed by atoms with E-state index in [9.17, 15) is 18.0 Å². The number of carbonyl (C=O) groups excluding carboxylic acids is 1. The number of aromatic nitrogens is 1. The Balaban J connectivity index is 2.44. The van der Waals surface area contributed by atoms with Crippen molar-refractivity contribution in [1.29, 1.82) is 0 Å². The number of fused-ring (bicyclic) bond motifs is 1. The molecule has 1 heterocycles. The molecule has 1 aromatic heterocycles. The SMILES string of the molecule is NC(C(=O)c1c[nH]c2ccccc12)C(F)(F)F. The largest absolute Gasteiger partial charge is 0.410 e. The second-order valence-electron chi connectivity index (χ2n) is 3.63. The van der Waals surface area contributed by atoms with Crippen molar-refractivity contribution in [1.82, 2.24) is 4.98 Å². The van der Waals surface area contributed by atoms with E-state index in [0.29, 0.717) is 10.9 Å². The summed E-state index contributed by atoms with van der Waals surface area (Å²) >= 11 is 0. The van der Waals surface area contributed by atoms with Crippen LogP contribution in [0.2, 0.25) is 0 Å². The van der Waals surface area contributed by atoms with Crippen LogP contribution in [0.3, 0.4) is 0 Å². The standard InChI is InChI=1S/C11H9F3N2O/c12-11(13,14)10(15)9(17)7-5-16-8-4-2-1-3-6(7)8/h1-5,10,16H,15H2. The molecular formula is C11H9F3N2O. The highest BCUT2D eigenvalue weighted by Crippen LogP contribution is 2.25. The summed E-state index contributed by atoms with van der Waals surface area (Å²) in [4.78, 5) is 14.3. The molecule has 0 amide bonds. The molecule has 0 bridgehead atoms. The van der Waals surface area contributed by atoms with Gasteiger partial charge < -0.3 is 10.7 Å². The molecule has 1 unspecified atom stereocenters. The van der Waals surface area contributed by atoms with Gasteiger partial charge in [0.2, 0.25) is 0 Å². The summed E-state index contributed by atoms with van der Waals surface area (Å²) in [6.07, 6.45) is -3.48. The van der Waals surface area contributed by atoms with Gasteiger partial charge in [-0.1, -0.05) is 18.2 Å². The number of halogens is 3. The van der Waals surface area contributed by atoms with E-state index in [2.05, 4.69) is 4.98 Å². The number of nitrogens with one attached hydrogen (secondary N) is 1. The minimum atomic E-state index is -4.73. The van der Waals surface area contributed by atoms with Crippen LogP contribution >= 0.6 is 0 Å². The van der Waals surface area contributed by atoms with Gasteiger partial charge >= 0.3 is 6.18 Å². The van der Waals surface area contributed by atoms with E-state index in [4.69, 9.17) is 5.73 Å². The second kappa shape index (κ2) is 3.89. The molecule has 6 heteroatoms. The van der Waals surface area contributed by atoms with Crippen LogP contribution in [0.5, 0.6) is 0 Å². The molecule has 2 rings (SSSR count). The molecule has 0 saturated carbocycles. The van der Waals surface area contributed by atoms with Crippen molar-refractivity contribution in [3.8, 4) is 0 Å². The number of aromatic amines is 1. The Morgan fingerprint density at radius 2 is 1.94 bits per heavy atom. The number of nitrogens with two attached hydrogens (primary N) is 1. The van der Waals surface area contributed by atoms with Gasteiger partial charge in [0.05, 0.1) is 0 Å². The molecule has 2 aromatic rings. The first kappa shape index (κ1) is 11.7. The number of para-hydroxylation sites is 1. The Kier molecular flexibility index (Phi) is 2.66. The van der Waals surface area contributed by atoms with Gasteiger partial charge in [0.25, 0.3) is 0 Å². The van der Waals surface area contributed by atoms with Crippen LogP contribution in [0.4, 0.5) is 13.2 Å². The molecule has 1 atom stereocenters. The van der Waals surface area contributed by atoms with Crippen molar-refractivity contribution in [3.63, 3.8) is 0 Å². The number of hydrogen-bond donors (Lipinski definition) is 2. The maximum atomic E-state index is 12.3. The van der Waals surface area contributed by atoms with E-state index in [-0.39, 0.29) is 5.56 Å². The summed E-state index contributed by atoms with van der Waals surface area (Å²) in [5, 5.41) is 0.442. The third-order valence-electron chi connectivity index (χ3n) is 2.49. The first-order chi connectivity index (χ1) is 7.91. The zero-order chi connectivity index (χ0) is 12.6. The summed E-state index contributed by atoms with van der Waals surface area (Å²) in [6.45, 7) is 0. The van der Waals surface area contributed by atoms with Crippen molar-refractivity contribution in [2.24, 2.45) is 5.73 Å². The fourth-order valence-corrected chi connectivity index (χ4v) is 1.59. The summed E-state index contributed by atoms with van der Waals surface area (Å²) in [5.74, 6) is -1.13. The van der Waals surface area contributed by atoms with Gasteiger partial charge in [-0.25, -0.2) is 0 Å². The van der Waals surface area contributed by atoms with Crippen LogP contribution in [0.25, 0.3) is 10.9 Å². The van der Waals surface area contributed by atoms with Crippen molar-refractivity contribution in [2.45, 2.75) is 12.2 Å². The van der Waals surface area contributed by atoms with Gasteiger partial charge in [-0.3, -0.25) is 4.79 Å². The van der Waals surface area contributed by atoms with Crippen molar-refractivity contribution in [2.75, 3.05) is 0 Å². The normalized spacial score (nSPS) is 13.9. The van der Waals surface area contributed by atoms with E-state index < -0.39 is 18.0 Å². The van der Waals surface area contributed by atoms with Crippen LogP contribution in [0, 0.1) is 0 Å². The van der Waals surface area contributed by atoms with E-state index in [1.807, 2.05) is 0 Å². The van der Waals surface area contributed by atoms with Gasteiger partial charge in [0, 0.05) is 22.7 Å². The fraction of sp³-hybridized carbons (Fsp3) is 0.182. The predicted octanol–water partition coefficient (Wildman–Crippen LogP) is 2.24. The lowest BCUT2D eigenvalue weighted by atomic mass is 10.0. The van der Waals surface area contributed by atoms with E-state index in [1.54, 1.807) is 24.3 Å². The smallest absolute Gasteiger partial charge is 0.360 e. The number of alkyl halides is 3. The highest BCUT2D eigenvalue weighted by molar-refractivity contribution is 6.10. The highest BCUT2D eigenvalue weighted by atomic mass is 19.4. The topological polar surface area (TPSA) is 58.9 Å². The van der Waals surface area contributed by atoms with Gasteiger partial charge in [-0.2, -0.15) is 13.2 Å². The van der Waals surface area contributed by atoms with Gasteiger partial charge in [0.1, 0.15) is 0 Å². The van der Waals surface area contributed by atoms with Crippen LogP contribution in [0.15, 0.2) is 30.5 Å². The highest BCUT2D eigenvalue weighted by Gasteiger charge is 2.42. The number of carbonyl (C=O) groups is 1. The number of rotatable bonds is 2. The molecule has 0 fully saturated rings. The first-order valence-corrected chi connectivity index (χ1v) is 4.84. The van der Waals surface area contributed by atoms with E-state index in [0.717, 1.165) is 0 Å². The molecule has 0 radical (unpaired) electrons. The number of Topliss-reactive ketones (excluding diaryl/α,β-unsaturated/α-hetero) is 1. The lowest BCUT2D eigenvalue weighted by Crippen LogP contribution is -2.44. The van der Waals surface area contributed by atoms with Crippen LogP contribution < -0.4 is 5.73 Å². The molecular weight excluding hydrogens is 233 g/mol. The molecule has 3 nitrogen and oxygen atoms in total. The third-order valence-corrected chi connectivity index (χ3v) is 2.49. The van der Waals surface area contributed by atoms with Crippen LogP contribution in [0.1, 0.15) is 10.4 Å². The first-order valence-electron chi connectivity index (χ1n) is 4.84. The average Bonchev–Trinajstić information content (AvgIpc) is 2.69. The summed E-state index contributed by atoms with van der Waals surface area (Å²) in [6, 6.07) is 4.12. The Morgan fingerprint density at radius 1 is 1.29 bits per heavy atom. The zero-order valence-corrected chi connectivity index (χ0v) is 8.58. The summed E-state index contributed by atoms with van der Waals surface area (Å²) < 4.78 is 37.0. The van der Waals surface area contributed by atoms with Crippen molar-refractivity contribution in [3.05, 3.63) is 36.0 Å². The van der Waals surface area contributed by atoms with Gasteiger partial charge in [-0.05, 0) is 6.07 Å². The zero-order valence-electron chi connectivity index (χ0n) is 8.58. The molecule has 90 valence electrons. The molecule has 17 heavy (non-hydrogen) atoms. The van der Waals surface area contributed by atoms with Crippen molar-refractivity contribution < 1.29 is 18.0 Å². The van der Waals surface area contributed by atoms with E-state index in [1.165, 1.54) is 6.20 Å². The minimum absolute atomic E-state index is 0.0366. The van der Waals surface area contributed by atoms with Gasteiger partial charge in [-0.15, -0.1) is 0 Å². The Bertz CT molecular complexity index is 559. The van der Waals surface area contributed by atoms with Crippen LogP contribution in [-0.4, -0.2) is 23.0 Å². The van der Waals surface area contributed by atoms with Crippen LogP contribution in [-0.2, 0) is 0 Å².